The molecule has 2 amide bonds. The van der Waals surface area contributed by atoms with Gasteiger partial charge in [-0.25, -0.2) is 4.79 Å². The summed E-state index contributed by atoms with van der Waals surface area (Å²) in [6, 6.07) is 14.6. The third-order valence-corrected chi connectivity index (χ3v) is 5.15. The maximum atomic E-state index is 13.0. The highest BCUT2D eigenvalue weighted by atomic mass is 16.7. The molecule has 8 heteroatoms. The van der Waals surface area contributed by atoms with Gasteiger partial charge >= 0.3 is 6.03 Å². The Kier molecular flexibility index (Phi) is 4.51. The molecule has 2 aromatic carbocycles. The number of carbonyl (C=O) groups excluding carboxylic acids is 1. The number of ether oxygens (including phenoxy) is 2. The molecule has 1 saturated heterocycles. The molecule has 0 bridgehead atoms. The van der Waals surface area contributed by atoms with E-state index in [-0.39, 0.29) is 18.9 Å². The highest BCUT2D eigenvalue weighted by Crippen LogP contribution is 2.35. The van der Waals surface area contributed by atoms with Crippen LogP contribution in [0.2, 0.25) is 0 Å². The van der Waals surface area contributed by atoms with Gasteiger partial charge in [0.25, 0.3) is 0 Å². The van der Waals surface area contributed by atoms with Crippen molar-refractivity contribution < 1.29 is 18.8 Å². The fraction of sp³-hybridized carbons (Fsp3) is 0.286. The number of rotatable bonds is 3. The Bertz CT molecular complexity index is 1020. The van der Waals surface area contributed by atoms with Crippen LogP contribution in [0.1, 0.15) is 31.2 Å². The Morgan fingerprint density at radius 2 is 1.93 bits per heavy atom. The molecule has 29 heavy (non-hydrogen) atoms. The average molecular weight is 392 g/mol. The Hall–Kier alpha value is -3.55. The van der Waals surface area contributed by atoms with Crippen LogP contribution in [0.15, 0.2) is 53.1 Å². The first-order valence-electron chi connectivity index (χ1n) is 9.64. The van der Waals surface area contributed by atoms with E-state index < -0.39 is 0 Å². The standard InChI is InChI=1S/C21H20N4O4/c26-21(22-15-9-10-17-18(12-15)28-13-27-17)25-11-5-4-8-16(25)20-23-19(24-29-20)14-6-2-1-3-7-14/h1-3,6-7,9-10,12,16H,4-5,8,11,13H2,(H,22,26). The summed E-state index contributed by atoms with van der Waals surface area (Å²) in [5.41, 5.74) is 1.54. The predicted octanol–water partition coefficient (Wildman–Crippen LogP) is 4.22. The molecule has 2 aliphatic heterocycles. The van der Waals surface area contributed by atoms with Crippen molar-refractivity contribution in [3.8, 4) is 22.9 Å². The van der Waals surface area contributed by atoms with Crippen LogP contribution in [0.4, 0.5) is 10.5 Å². The molecule has 5 rings (SSSR count). The number of hydrogen-bond donors (Lipinski definition) is 1. The van der Waals surface area contributed by atoms with Gasteiger partial charge in [0.1, 0.15) is 6.04 Å². The molecule has 1 aromatic heterocycles. The van der Waals surface area contributed by atoms with Crippen LogP contribution in [-0.2, 0) is 0 Å². The van der Waals surface area contributed by atoms with Crippen molar-refractivity contribution in [1.82, 2.24) is 15.0 Å². The van der Waals surface area contributed by atoms with E-state index in [1.165, 1.54) is 0 Å². The van der Waals surface area contributed by atoms with Crippen molar-refractivity contribution in [3.63, 3.8) is 0 Å². The number of carbonyl (C=O) groups is 1. The number of aromatic nitrogens is 2. The van der Waals surface area contributed by atoms with Gasteiger partial charge in [-0.1, -0.05) is 35.5 Å². The van der Waals surface area contributed by atoms with E-state index in [1.807, 2.05) is 30.3 Å². The second kappa shape index (κ2) is 7.46. The summed E-state index contributed by atoms with van der Waals surface area (Å²) in [7, 11) is 0. The number of amides is 2. The summed E-state index contributed by atoms with van der Waals surface area (Å²) in [5.74, 6) is 2.30. The number of benzene rings is 2. The topological polar surface area (TPSA) is 89.7 Å². The summed E-state index contributed by atoms with van der Waals surface area (Å²) in [6.07, 6.45) is 2.72. The van der Waals surface area contributed by atoms with E-state index in [2.05, 4.69) is 15.5 Å². The van der Waals surface area contributed by atoms with Gasteiger partial charge < -0.3 is 24.2 Å². The van der Waals surface area contributed by atoms with Gasteiger partial charge in [0.15, 0.2) is 11.5 Å². The third kappa shape index (κ3) is 3.49. The van der Waals surface area contributed by atoms with Gasteiger partial charge in [0.05, 0.1) is 0 Å². The van der Waals surface area contributed by atoms with E-state index in [9.17, 15) is 4.79 Å². The SMILES string of the molecule is O=C(Nc1ccc2c(c1)OCO2)N1CCCCC1c1nc(-c2ccccc2)no1. The molecule has 2 aliphatic rings. The first kappa shape index (κ1) is 17.5. The fourth-order valence-corrected chi connectivity index (χ4v) is 3.68. The van der Waals surface area contributed by atoms with Crippen molar-refractivity contribution in [3.05, 3.63) is 54.4 Å². The van der Waals surface area contributed by atoms with E-state index in [0.717, 1.165) is 24.8 Å². The summed E-state index contributed by atoms with van der Waals surface area (Å²) >= 11 is 0. The lowest BCUT2D eigenvalue weighted by atomic mass is 10.0. The van der Waals surface area contributed by atoms with Gasteiger partial charge in [0, 0.05) is 23.9 Å². The fourth-order valence-electron chi connectivity index (χ4n) is 3.68. The number of likely N-dealkylation sites (tertiary alicyclic amines) is 1. The van der Waals surface area contributed by atoms with E-state index in [1.54, 1.807) is 23.1 Å². The second-order valence-corrected chi connectivity index (χ2v) is 7.03. The molecular weight excluding hydrogens is 372 g/mol. The van der Waals surface area contributed by atoms with Crippen LogP contribution >= 0.6 is 0 Å². The molecule has 3 heterocycles. The summed E-state index contributed by atoms with van der Waals surface area (Å²) < 4.78 is 16.2. The molecule has 0 saturated carbocycles. The van der Waals surface area contributed by atoms with Crippen LogP contribution in [-0.4, -0.2) is 34.4 Å². The average Bonchev–Trinajstić information content (AvgIpc) is 3.44. The molecule has 0 spiro atoms. The minimum atomic E-state index is -0.247. The van der Waals surface area contributed by atoms with Crippen LogP contribution in [0.25, 0.3) is 11.4 Å². The van der Waals surface area contributed by atoms with E-state index in [4.69, 9.17) is 14.0 Å². The molecule has 0 radical (unpaired) electrons. The molecule has 0 aliphatic carbocycles. The molecule has 1 fully saturated rings. The molecular formula is C21H20N4O4. The monoisotopic (exact) mass is 392 g/mol. The third-order valence-electron chi connectivity index (χ3n) is 5.15. The smallest absolute Gasteiger partial charge is 0.322 e. The van der Waals surface area contributed by atoms with Crippen molar-refractivity contribution in [2.45, 2.75) is 25.3 Å². The number of urea groups is 1. The first-order valence-corrected chi connectivity index (χ1v) is 9.64. The molecule has 8 nitrogen and oxygen atoms in total. The Labute approximate surface area is 167 Å². The first-order chi connectivity index (χ1) is 14.3. The maximum Gasteiger partial charge on any atom is 0.322 e. The molecule has 1 N–H and O–H groups in total. The maximum absolute atomic E-state index is 13.0. The zero-order valence-corrected chi connectivity index (χ0v) is 15.7. The molecule has 148 valence electrons. The lowest BCUT2D eigenvalue weighted by molar-refractivity contribution is 0.142. The van der Waals surface area contributed by atoms with Crippen molar-refractivity contribution in [1.29, 1.82) is 0 Å². The molecule has 3 aromatic rings. The number of fused-ring (bicyclic) bond motifs is 1. The minimum absolute atomic E-state index is 0.196. The van der Waals surface area contributed by atoms with Crippen molar-refractivity contribution >= 4 is 11.7 Å². The Morgan fingerprint density at radius 1 is 1.07 bits per heavy atom. The Balaban J connectivity index is 1.35. The Morgan fingerprint density at radius 3 is 2.83 bits per heavy atom. The lowest BCUT2D eigenvalue weighted by Gasteiger charge is -2.33. The normalized spacial score (nSPS) is 17.9. The number of nitrogens with zero attached hydrogens (tertiary/aromatic N) is 3. The van der Waals surface area contributed by atoms with E-state index in [0.29, 0.717) is 35.4 Å². The summed E-state index contributed by atoms with van der Waals surface area (Å²) in [5, 5.41) is 7.04. The number of hydrogen-bond acceptors (Lipinski definition) is 6. The van der Waals surface area contributed by atoms with E-state index >= 15 is 0 Å². The lowest BCUT2D eigenvalue weighted by Crippen LogP contribution is -2.41. The zero-order chi connectivity index (χ0) is 19.6. The molecule has 1 unspecified atom stereocenters. The van der Waals surface area contributed by atoms with Crippen LogP contribution in [0.5, 0.6) is 11.5 Å². The summed E-state index contributed by atoms with van der Waals surface area (Å²) in [6.45, 7) is 0.825. The predicted molar refractivity (Wildman–Crippen MR) is 105 cm³/mol. The van der Waals surface area contributed by atoms with Gasteiger partial charge in [-0.3, -0.25) is 0 Å². The van der Waals surface area contributed by atoms with Gasteiger partial charge in [-0.05, 0) is 31.4 Å². The number of piperidine rings is 1. The van der Waals surface area contributed by atoms with Crippen molar-refractivity contribution in [2.75, 3.05) is 18.7 Å². The summed E-state index contributed by atoms with van der Waals surface area (Å²) in [4.78, 5) is 19.3. The van der Waals surface area contributed by atoms with Gasteiger partial charge in [0.2, 0.25) is 18.5 Å². The second-order valence-electron chi connectivity index (χ2n) is 7.03. The molecule has 1 atom stereocenters. The van der Waals surface area contributed by atoms with Gasteiger partial charge in [-0.2, -0.15) is 4.98 Å². The quantitative estimate of drug-likeness (QED) is 0.718. The van der Waals surface area contributed by atoms with Gasteiger partial charge in [-0.15, -0.1) is 0 Å². The number of anilines is 1. The van der Waals surface area contributed by atoms with Crippen LogP contribution < -0.4 is 14.8 Å². The zero-order valence-electron chi connectivity index (χ0n) is 15.7. The van der Waals surface area contributed by atoms with Crippen molar-refractivity contribution in [2.24, 2.45) is 0 Å². The van der Waals surface area contributed by atoms with Crippen LogP contribution in [0, 0.1) is 0 Å². The highest BCUT2D eigenvalue weighted by Gasteiger charge is 2.32. The highest BCUT2D eigenvalue weighted by molar-refractivity contribution is 5.90. The largest absolute Gasteiger partial charge is 0.454 e. The number of nitrogens with one attached hydrogen (secondary N) is 1. The van der Waals surface area contributed by atoms with Crippen LogP contribution in [0.3, 0.4) is 0 Å². The minimum Gasteiger partial charge on any atom is -0.454 e.